The Balaban J connectivity index is 1.32. The number of hydrogen-bond donors (Lipinski definition) is 2. The SMILES string of the molecule is Cc1nn(C)cc1-c1ccccc1-c1nc2cc(C(=O)N[C@@H]3CO[C@H]4[C@@H]3OC[C@H]4N)ccn2c1Cl. The summed E-state index contributed by atoms with van der Waals surface area (Å²) in [6.45, 7) is 2.79. The van der Waals surface area contributed by atoms with Crippen LogP contribution in [0.3, 0.4) is 0 Å². The van der Waals surface area contributed by atoms with Crippen LogP contribution in [0.15, 0.2) is 48.8 Å². The largest absolute Gasteiger partial charge is 0.371 e. The van der Waals surface area contributed by atoms with Gasteiger partial charge in [-0.15, -0.1) is 0 Å². The van der Waals surface area contributed by atoms with Crippen LogP contribution in [0.5, 0.6) is 0 Å². The quantitative estimate of drug-likeness (QED) is 0.453. The van der Waals surface area contributed by atoms with Gasteiger partial charge in [-0.2, -0.15) is 5.10 Å². The number of nitrogens with two attached hydrogens (primary N) is 1. The third kappa shape index (κ3) is 3.71. The van der Waals surface area contributed by atoms with Crippen LogP contribution in [0, 0.1) is 6.92 Å². The summed E-state index contributed by atoms with van der Waals surface area (Å²) in [4.78, 5) is 17.8. The summed E-state index contributed by atoms with van der Waals surface area (Å²) in [6, 6.07) is 11.0. The molecule has 1 aromatic carbocycles. The summed E-state index contributed by atoms with van der Waals surface area (Å²) in [5, 5.41) is 7.97. The predicted octanol–water partition coefficient (Wildman–Crippen LogP) is 2.59. The van der Waals surface area contributed by atoms with Crippen LogP contribution in [0.2, 0.25) is 5.15 Å². The topological polar surface area (TPSA) is 109 Å². The fraction of sp³-hybridized carbons (Fsp3) is 0.320. The number of fused-ring (bicyclic) bond motifs is 2. The zero-order valence-electron chi connectivity index (χ0n) is 19.3. The molecule has 5 heterocycles. The van der Waals surface area contributed by atoms with E-state index in [1.807, 2.05) is 44.4 Å². The second-order valence-corrected chi connectivity index (χ2v) is 9.44. The van der Waals surface area contributed by atoms with Gasteiger partial charge in [0.25, 0.3) is 5.91 Å². The first kappa shape index (κ1) is 22.2. The number of imidazole rings is 1. The molecule has 0 aliphatic carbocycles. The molecule has 6 rings (SSSR count). The maximum absolute atomic E-state index is 13.0. The Labute approximate surface area is 206 Å². The minimum absolute atomic E-state index is 0.165. The minimum Gasteiger partial charge on any atom is -0.371 e. The van der Waals surface area contributed by atoms with E-state index in [9.17, 15) is 4.79 Å². The fourth-order valence-electron chi connectivity index (χ4n) is 5.02. The number of nitrogens with one attached hydrogen (secondary N) is 1. The number of aryl methyl sites for hydroxylation is 2. The molecule has 180 valence electrons. The summed E-state index contributed by atoms with van der Waals surface area (Å²) in [5.41, 5.74) is 11.5. The Hall–Kier alpha value is -3.24. The highest BCUT2D eigenvalue weighted by Crippen LogP contribution is 2.37. The Morgan fingerprint density at radius 2 is 1.91 bits per heavy atom. The molecule has 9 nitrogen and oxygen atoms in total. The van der Waals surface area contributed by atoms with Gasteiger partial charge in [0.05, 0.1) is 31.0 Å². The first-order valence-corrected chi connectivity index (χ1v) is 11.9. The molecular formula is C25H25ClN6O3. The van der Waals surface area contributed by atoms with Crippen molar-refractivity contribution in [1.82, 2.24) is 24.5 Å². The number of carbonyl (C=O) groups excluding carboxylic acids is 1. The average Bonchev–Trinajstić information content (AvgIpc) is 3.59. The van der Waals surface area contributed by atoms with Gasteiger partial charge in [0, 0.05) is 36.1 Å². The highest BCUT2D eigenvalue weighted by Gasteiger charge is 2.46. The van der Waals surface area contributed by atoms with E-state index < -0.39 is 0 Å². The van der Waals surface area contributed by atoms with Crippen molar-refractivity contribution in [2.24, 2.45) is 12.8 Å². The number of halogens is 1. The first-order chi connectivity index (χ1) is 16.9. The molecule has 2 saturated heterocycles. The maximum atomic E-state index is 13.0. The number of rotatable bonds is 4. The monoisotopic (exact) mass is 492 g/mol. The maximum Gasteiger partial charge on any atom is 0.251 e. The standard InChI is InChI=1S/C25H25ClN6O3/c1-13-17(10-31(2)30-13)15-5-3-4-6-16(15)21-24(26)32-8-7-14(9-20(32)29-21)25(33)28-19-12-35-22-18(27)11-34-23(19)22/h3-10,18-19,22-23H,11-12,27H2,1-2H3,(H,28,33)/t18-,19-,22-,23-/m1/s1. The zero-order chi connectivity index (χ0) is 24.3. The van der Waals surface area contributed by atoms with Crippen molar-refractivity contribution in [3.63, 3.8) is 0 Å². The Morgan fingerprint density at radius 1 is 1.14 bits per heavy atom. The lowest BCUT2D eigenvalue weighted by Gasteiger charge is -2.17. The van der Waals surface area contributed by atoms with Crippen molar-refractivity contribution < 1.29 is 14.3 Å². The van der Waals surface area contributed by atoms with Crippen molar-refractivity contribution in [2.75, 3.05) is 13.2 Å². The van der Waals surface area contributed by atoms with E-state index in [1.54, 1.807) is 27.4 Å². The van der Waals surface area contributed by atoms with Crippen LogP contribution >= 0.6 is 11.6 Å². The van der Waals surface area contributed by atoms with E-state index in [0.717, 1.165) is 22.4 Å². The summed E-state index contributed by atoms with van der Waals surface area (Å²) in [7, 11) is 1.90. The number of nitrogens with zero attached hydrogens (tertiary/aromatic N) is 4. The smallest absolute Gasteiger partial charge is 0.251 e. The molecule has 3 N–H and O–H groups in total. The lowest BCUT2D eigenvalue weighted by Crippen LogP contribution is -2.44. The molecule has 10 heteroatoms. The van der Waals surface area contributed by atoms with Crippen LogP contribution < -0.4 is 11.1 Å². The van der Waals surface area contributed by atoms with Gasteiger partial charge in [-0.25, -0.2) is 4.98 Å². The Morgan fingerprint density at radius 3 is 2.69 bits per heavy atom. The number of carbonyl (C=O) groups is 1. The minimum atomic E-state index is -0.245. The van der Waals surface area contributed by atoms with E-state index >= 15 is 0 Å². The van der Waals surface area contributed by atoms with Gasteiger partial charge in [0.1, 0.15) is 28.7 Å². The molecule has 1 amide bonds. The summed E-state index contributed by atoms with van der Waals surface area (Å²) >= 11 is 6.77. The van der Waals surface area contributed by atoms with Crippen LogP contribution in [0.4, 0.5) is 0 Å². The van der Waals surface area contributed by atoms with E-state index in [-0.39, 0.29) is 30.2 Å². The van der Waals surface area contributed by atoms with Crippen molar-refractivity contribution in [2.45, 2.75) is 31.2 Å². The van der Waals surface area contributed by atoms with Gasteiger partial charge in [-0.05, 0) is 24.6 Å². The number of pyridine rings is 1. The van der Waals surface area contributed by atoms with Crippen molar-refractivity contribution in [3.8, 4) is 22.4 Å². The molecule has 0 unspecified atom stereocenters. The number of aromatic nitrogens is 4. The molecule has 0 bridgehead atoms. The third-order valence-electron chi connectivity index (χ3n) is 6.72. The van der Waals surface area contributed by atoms with E-state index in [0.29, 0.717) is 35.3 Å². The molecule has 2 fully saturated rings. The van der Waals surface area contributed by atoms with Gasteiger partial charge in [0.2, 0.25) is 0 Å². The van der Waals surface area contributed by atoms with Gasteiger partial charge in [-0.3, -0.25) is 13.9 Å². The van der Waals surface area contributed by atoms with Crippen molar-refractivity contribution in [1.29, 1.82) is 0 Å². The van der Waals surface area contributed by atoms with Crippen LogP contribution in [-0.4, -0.2) is 62.6 Å². The highest BCUT2D eigenvalue weighted by molar-refractivity contribution is 6.32. The Bertz CT molecular complexity index is 1450. The lowest BCUT2D eigenvalue weighted by atomic mass is 9.99. The second-order valence-electron chi connectivity index (χ2n) is 9.08. The molecule has 4 atom stereocenters. The van der Waals surface area contributed by atoms with E-state index in [2.05, 4.69) is 10.4 Å². The zero-order valence-corrected chi connectivity index (χ0v) is 20.1. The van der Waals surface area contributed by atoms with Crippen molar-refractivity contribution in [3.05, 3.63) is 65.2 Å². The van der Waals surface area contributed by atoms with Gasteiger partial charge < -0.3 is 20.5 Å². The second kappa shape index (κ2) is 8.46. The van der Waals surface area contributed by atoms with E-state index in [4.69, 9.17) is 31.8 Å². The Kier molecular flexibility index (Phi) is 5.37. The number of benzene rings is 1. The first-order valence-electron chi connectivity index (χ1n) is 11.5. The summed E-state index contributed by atoms with van der Waals surface area (Å²) in [5.74, 6) is -0.224. The van der Waals surface area contributed by atoms with Crippen LogP contribution in [0.1, 0.15) is 16.1 Å². The van der Waals surface area contributed by atoms with E-state index in [1.165, 1.54) is 0 Å². The molecule has 35 heavy (non-hydrogen) atoms. The molecule has 0 spiro atoms. The van der Waals surface area contributed by atoms with Crippen LogP contribution in [0.25, 0.3) is 28.0 Å². The molecule has 4 aromatic rings. The number of amides is 1. The predicted molar refractivity (Wildman–Crippen MR) is 131 cm³/mol. The third-order valence-corrected chi connectivity index (χ3v) is 7.09. The number of ether oxygens (including phenoxy) is 2. The molecular weight excluding hydrogens is 468 g/mol. The van der Waals surface area contributed by atoms with Gasteiger partial charge in [0.15, 0.2) is 0 Å². The molecule has 3 aromatic heterocycles. The van der Waals surface area contributed by atoms with Gasteiger partial charge >= 0.3 is 0 Å². The molecule has 0 radical (unpaired) electrons. The highest BCUT2D eigenvalue weighted by atomic mass is 35.5. The van der Waals surface area contributed by atoms with Crippen molar-refractivity contribution >= 4 is 23.2 Å². The van der Waals surface area contributed by atoms with Gasteiger partial charge in [-0.1, -0.05) is 35.9 Å². The normalized spacial score (nSPS) is 23.7. The molecule has 0 saturated carbocycles. The summed E-state index contributed by atoms with van der Waals surface area (Å²) in [6.07, 6.45) is 3.34. The lowest BCUT2D eigenvalue weighted by molar-refractivity contribution is 0.0649. The fourth-order valence-corrected chi connectivity index (χ4v) is 5.31. The summed E-state index contributed by atoms with van der Waals surface area (Å²) < 4.78 is 15.0. The molecule has 2 aliphatic rings. The average molecular weight is 493 g/mol. The number of hydrogen-bond acceptors (Lipinski definition) is 6. The van der Waals surface area contributed by atoms with Crippen LogP contribution in [-0.2, 0) is 16.5 Å². The molecule has 2 aliphatic heterocycles.